The monoisotopic (exact) mass is 1330 g/mol. The predicted molar refractivity (Wildman–Crippen MR) is 391 cm³/mol. The van der Waals surface area contributed by atoms with Crippen molar-refractivity contribution in [3.05, 3.63) is 407 Å². The molecule has 17 rings (SSSR count). The number of fused-ring (bicyclic) bond motifs is 9. The summed E-state index contributed by atoms with van der Waals surface area (Å²) in [5.74, 6) is -1.60. The van der Waals surface area contributed by atoms with E-state index in [-0.39, 0.29) is 11.1 Å². The van der Waals surface area contributed by atoms with Gasteiger partial charge in [-0.3, -0.25) is 0 Å². The zero-order valence-electron chi connectivity index (χ0n) is 53.8. The molecule has 5 nitrogen and oxygen atoms in total. The van der Waals surface area contributed by atoms with E-state index < -0.39 is 45.7 Å². The van der Waals surface area contributed by atoms with Gasteiger partial charge in [-0.05, 0) is 237 Å². The van der Waals surface area contributed by atoms with Crippen molar-refractivity contribution in [1.29, 1.82) is 0 Å². The molecule has 0 saturated carbocycles. The number of benzene rings is 14. The molecule has 0 N–H and O–H groups in total. The molecule has 2 aliphatic rings. The Morgan fingerprint density at radius 2 is 0.614 bits per heavy atom. The Labute approximate surface area is 578 Å². The van der Waals surface area contributed by atoms with Gasteiger partial charge in [0.2, 0.25) is 0 Å². The SMILES string of the molecule is C=Cc1ccc(Oc2ccc(C3(c4c(F)cccc4F)c4ccccc4-c4ccc(N(c5ccc(F)cc5)c5ccc6c(c5)oc5cc(N(c7ccc(F)cc7)c7ccc8c(c7)C(c7ccc(Oc9ccc(C=C)cc9)cc7)(c7c(F)cccc7F)c7ccccc7-8)ccc56)cc43)cc2)cc1. The van der Waals surface area contributed by atoms with Crippen LogP contribution in [-0.4, -0.2) is 0 Å². The second kappa shape index (κ2) is 24.6. The van der Waals surface area contributed by atoms with Gasteiger partial charge >= 0.3 is 0 Å². The number of hydrogen-bond acceptors (Lipinski definition) is 5. The molecule has 0 bridgehead atoms. The van der Waals surface area contributed by atoms with Crippen LogP contribution in [0, 0.1) is 34.9 Å². The lowest BCUT2D eigenvalue weighted by molar-refractivity contribution is 0.481. The van der Waals surface area contributed by atoms with Crippen LogP contribution in [0.5, 0.6) is 23.0 Å². The van der Waals surface area contributed by atoms with E-state index in [1.165, 1.54) is 60.7 Å². The van der Waals surface area contributed by atoms with Crippen LogP contribution in [0.3, 0.4) is 0 Å². The summed E-state index contributed by atoms with van der Waals surface area (Å²) in [6.45, 7) is 7.71. The number of halogens is 6. The number of rotatable bonds is 16. The maximum Gasteiger partial charge on any atom is 0.137 e. The van der Waals surface area contributed by atoms with Crippen LogP contribution in [-0.2, 0) is 10.8 Å². The highest BCUT2D eigenvalue weighted by molar-refractivity contribution is 6.07. The summed E-state index contributed by atoms with van der Waals surface area (Å²) in [6.07, 6.45) is 3.50. The average molecular weight is 1330 g/mol. The van der Waals surface area contributed by atoms with Gasteiger partial charge in [-0.1, -0.05) is 147 Å². The van der Waals surface area contributed by atoms with Gasteiger partial charge in [0.05, 0.1) is 10.8 Å². The van der Waals surface area contributed by atoms with Gasteiger partial charge in [0, 0.05) is 68.2 Å². The minimum absolute atomic E-state index is 0.154. The summed E-state index contributed by atoms with van der Waals surface area (Å²) in [6, 6.07) is 88.4. The molecule has 0 spiro atoms. The highest BCUT2D eigenvalue weighted by Crippen LogP contribution is 2.61. The van der Waals surface area contributed by atoms with Crippen LogP contribution >= 0.6 is 0 Å². The normalized spacial score (nSPS) is 14.8. The Balaban J connectivity index is 0.794. The summed E-state index contributed by atoms with van der Waals surface area (Å²) in [7, 11) is 0. The van der Waals surface area contributed by atoms with E-state index in [1.807, 2.05) is 204 Å². The zero-order valence-corrected chi connectivity index (χ0v) is 53.8. The molecule has 0 fully saturated rings. The third-order valence-corrected chi connectivity index (χ3v) is 19.7. The summed E-state index contributed by atoms with van der Waals surface area (Å²) < 4.78 is 118. The third-order valence-electron chi connectivity index (χ3n) is 19.7. The third kappa shape index (κ3) is 10.2. The van der Waals surface area contributed by atoms with Gasteiger partial charge in [0.15, 0.2) is 0 Å². The molecule has 0 saturated heterocycles. The predicted octanol–water partition coefficient (Wildman–Crippen LogP) is 25.0. The van der Waals surface area contributed by atoms with Crippen molar-refractivity contribution in [1.82, 2.24) is 0 Å². The molecular formula is C90H56F6N2O3. The van der Waals surface area contributed by atoms with Crippen LogP contribution in [0.15, 0.2) is 321 Å². The molecule has 0 radical (unpaired) electrons. The fourth-order valence-corrected chi connectivity index (χ4v) is 15.2. The number of hydrogen-bond donors (Lipinski definition) is 0. The zero-order chi connectivity index (χ0) is 68.7. The van der Waals surface area contributed by atoms with Gasteiger partial charge in [-0.2, -0.15) is 0 Å². The Bertz CT molecular complexity index is 5380. The Morgan fingerprint density at radius 3 is 0.980 bits per heavy atom. The fraction of sp³-hybridized carbons (Fsp3) is 0.0222. The van der Waals surface area contributed by atoms with Crippen LogP contribution in [0.2, 0.25) is 0 Å². The molecular weight excluding hydrogens is 1270 g/mol. The minimum atomic E-state index is -1.55. The van der Waals surface area contributed by atoms with Crippen molar-refractivity contribution < 1.29 is 40.2 Å². The minimum Gasteiger partial charge on any atom is -0.457 e. The van der Waals surface area contributed by atoms with Crippen molar-refractivity contribution in [2.75, 3.05) is 9.80 Å². The first-order chi connectivity index (χ1) is 49.4. The highest BCUT2D eigenvalue weighted by Gasteiger charge is 2.51. The quantitative estimate of drug-likeness (QED) is 0.0902. The first kappa shape index (κ1) is 61.7. The lowest BCUT2D eigenvalue weighted by atomic mass is 9.67. The van der Waals surface area contributed by atoms with Gasteiger partial charge in [0.1, 0.15) is 69.1 Å². The molecule has 15 aromatic rings. The van der Waals surface area contributed by atoms with E-state index in [9.17, 15) is 0 Å². The van der Waals surface area contributed by atoms with Crippen molar-refractivity contribution in [3.63, 3.8) is 0 Å². The molecule has 1 heterocycles. The van der Waals surface area contributed by atoms with E-state index in [0.717, 1.165) is 44.2 Å². The second-order valence-corrected chi connectivity index (χ2v) is 25.1. The molecule has 0 aliphatic heterocycles. The molecule has 2 unspecified atom stereocenters. The maximum atomic E-state index is 17.1. The average Bonchev–Trinajstić information content (AvgIpc) is 1.56. The van der Waals surface area contributed by atoms with Crippen molar-refractivity contribution >= 4 is 68.2 Å². The van der Waals surface area contributed by atoms with Crippen LogP contribution in [0.1, 0.15) is 55.6 Å². The van der Waals surface area contributed by atoms with Gasteiger partial charge in [-0.25, -0.2) is 26.3 Å². The molecule has 2 atom stereocenters. The van der Waals surface area contributed by atoms with E-state index in [4.69, 9.17) is 13.9 Å². The van der Waals surface area contributed by atoms with Crippen LogP contribution < -0.4 is 19.3 Å². The first-order valence-corrected chi connectivity index (χ1v) is 32.9. The fourth-order valence-electron chi connectivity index (χ4n) is 15.2. The second-order valence-electron chi connectivity index (χ2n) is 25.1. The largest absolute Gasteiger partial charge is 0.457 e. The van der Waals surface area contributed by atoms with E-state index >= 15 is 26.3 Å². The van der Waals surface area contributed by atoms with Crippen molar-refractivity contribution in [3.8, 4) is 45.3 Å². The number of furan rings is 1. The summed E-state index contributed by atoms with van der Waals surface area (Å²) in [5, 5.41) is 1.55. The lowest BCUT2D eigenvalue weighted by Gasteiger charge is -2.35. The van der Waals surface area contributed by atoms with E-state index in [1.54, 1.807) is 60.7 Å². The van der Waals surface area contributed by atoms with Gasteiger partial charge < -0.3 is 23.7 Å². The first-order valence-electron chi connectivity index (χ1n) is 32.9. The molecule has 11 heteroatoms. The maximum absolute atomic E-state index is 17.1. The highest BCUT2D eigenvalue weighted by atomic mass is 19.2. The molecule has 0 amide bonds. The topological polar surface area (TPSA) is 38.1 Å². The van der Waals surface area contributed by atoms with Crippen LogP contribution in [0.4, 0.5) is 60.5 Å². The van der Waals surface area contributed by atoms with E-state index in [2.05, 4.69) is 13.2 Å². The van der Waals surface area contributed by atoms with Gasteiger partial charge in [0.25, 0.3) is 0 Å². The Hall–Kier alpha value is -12.9. The molecule has 486 valence electrons. The Morgan fingerprint density at radius 1 is 0.297 bits per heavy atom. The summed E-state index contributed by atoms with van der Waals surface area (Å²) >= 11 is 0. The standard InChI is InChI=1S/C90H56F6N2O3/c1-3-55-19-39-67(40-20-55)99-69-43-23-57(24-44-69)89(87-81(93)15-9-16-82(87)94)77-13-7-5-11-71(77)73-47-35-63(51-79(73)89)97(61-31-27-59(91)28-32-61)65-37-49-75-76-50-38-66(54-86(76)101-85(75)53-65)98(62-33-29-60(92)30-34-62)64-36-48-74-72-12-6-8-14-78(72)90(80(74)52-64,88-83(95)17-10-18-84(88)96)58-25-45-70(46-26-58)100-68-41-21-56(4-2)22-42-68/h3-54H,1-2H2. The Kier molecular flexibility index (Phi) is 15.0. The summed E-state index contributed by atoms with van der Waals surface area (Å²) in [5.41, 5.74) is 9.88. The molecule has 14 aromatic carbocycles. The molecule has 2 aliphatic carbocycles. The smallest absolute Gasteiger partial charge is 0.137 e. The van der Waals surface area contributed by atoms with Gasteiger partial charge in [-0.15, -0.1) is 0 Å². The lowest BCUT2D eigenvalue weighted by Crippen LogP contribution is -2.31. The number of nitrogens with zero attached hydrogens (tertiary/aromatic N) is 2. The molecule has 1 aromatic heterocycles. The number of anilines is 6. The van der Waals surface area contributed by atoms with Crippen molar-refractivity contribution in [2.45, 2.75) is 10.8 Å². The summed E-state index contributed by atoms with van der Waals surface area (Å²) in [4.78, 5) is 3.92. The van der Waals surface area contributed by atoms with Crippen molar-refractivity contribution in [2.24, 2.45) is 0 Å². The number of ether oxygens (including phenoxy) is 2. The van der Waals surface area contributed by atoms with Crippen LogP contribution in [0.25, 0.3) is 56.3 Å². The van der Waals surface area contributed by atoms with E-state index in [0.29, 0.717) is 102 Å². The molecule has 101 heavy (non-hydrogen) atoms.